The predicted molar refractivity (Wildman–Crippen MR) is 174 cm³/mol. The second kappa shape index (κ2) is 13.0. The Balaban J connectivity index is 1.24. The number of halogens is 1. The molecular formula is C28H31ClN9O7S2+. The van der Waals surface area contributed by atoms with Gasteiger partial charge in [-0.05, 0) is 38.9 Å². The average Bonchev–Trinajstić information content (AvgIpc) is 3.56. The van der Waals surface area contributed by atoms with Crippen LogP contribution in [0.5, 0.6) is 0 Å². The van der Waals surface area contributed by atoms with Crippen molar-refractivity contribution in [2.45, 2.75) is 49.9 Å². The van der Waals surface area contributed by atoms with E-state index in [1.807, 2.05) is 29.0 Å². The lowest BCUT2D eigenvalue weighted by Gasteiger charge is -2.49. The SMILES string of the molecule is C[C@H](ON=C(C(=O)N[C@@H]1C(=O)N2C(C(=O)O)=C(C[n+]3cccc4c3cc(N)n4C3CCNCC3)CS[C@H]12)c1nc(N)sc1Cl)C(=O)O. The fraction of sp³-hybridized carbons (Fsp3) is 0.393. The molecule has 0 radical (unpaired) electrons. The van der Waals surface area contributed by atoms with Crippen molar-refractivity contribution in [3.05, 3.63) is 45.7 Å². The first kappa shape index (κ1) is 32.5. The summed E-state index contributed by atoms with van der Waals surface area (Å²) in [5.41, 5.74) is 13.7. The molecular weight excluding hydrogens is 674 g/mol. The number of anilines is 2. The highest BCUT2D eigenvalue weighted by Gasteiger charge is 2.55. The molecule has 3 aromatic rings. The maximum Gasteiger partial charge on any atom is 0.352 e. The van der Waals surface area contributed by atoms with Crippen molar-refractivity contribution in [1.82, 2.24) is 25.1 Å². The molecule has 47 heavy (non-hydrogen) atoms. The fourth-order valence-electron chi connectivity index (χ4n) is 5.92. The van der Waals surface area contributed by atoms with E-state index in [-0.39, 0.29) is 39.2 Å². The number of nitrogens with zero attached hydrogens (tertiary/aromatic N) is 5. The lowest BCUT2D eigenvalue weighted by atomic mass is 10.0. The number of amides is 2. The van der Waals surface area contributed by atoms with E-state index in [9.17, 15) is 24.3 Å². The summed E-state index contributed by atoms with van der Waals surface area (Å²) in [5, 5.41) is 28.3. The molecule has 248 valence electrons. The Morgan fingerprint density at radius 2 is 2.04 bits per heavy atom. The van der Waals surface area contributed by atoms with Crippen LogP contribution in [0.25, 0.3) is 11.0 Å². The summed E-state index contributed by atoms with van der Waals surface area (Å²) < 4.78 is 4.06. The van der Waals surface area contributed by atoms with Crippen LogP contribution in [0, 0.1) is 0 Å². The number of nitrogens with two attached hydrogens (primary N) is 2. The van der Waals surface area contributed by atoms with Gasteiger partial charge in [-0.1, -0.05) is 28.1 Å². The third-order valence-corrected chi connectivity index (χ3v) is 10.6. The Hall–Kier alpha value is -4.39. The van der Waals surface area contributed by atoms with Crippen molar-refractivity contribution >= 4 is 86.1 Å². The van der Waals surface area contributed by atoms with Crippen LogP contribution >= 0.6 is 34.7 Å². The number of aliphatic carboxylic acids is 2. The van der Waals surface area contributed by atoms with Crippen LogP contribution < -0.4 is 26.7 Å². The number of piperidine rings is 1. The normalized spacial score (nSPS) is 20.9. The van der Waals surface area contributed by atoms with Crippen molar-refractivity contribution in [1.29, 1.82) is 0 Å². The van der Waals surface area contributed by atoms with Gasteiger partial charge in [-0.15, -0.1) is 11.8 Å². The zero-order valence-corrected chi connectivity index (χ0v) is 27.3. The van der Waals surface area contributed by atoms with E-state index in [0.29, 0.717) is 11.4 Å². The molecule has 2 saturated heterocycles. The number of nitrogen functional groups attached to an aromatic ring is 2. The minimum atomic E-state index is -1.41. The molecule has 6 rings (SSSR count). The van der Waals surface area contributed by atoms with Crippen molar-refractivity contribution < 1.29 is 38.8 Å². The number of fused-ring (bicyclic) bond motifs is 2. The first-order chi connectivity index (χ1) is 22.5. The van der Waals surface area contributed by atoms with Crippen molar-refractivity contribution in [2.24, 2.45) is 5.16 Å². The Bertz CT molecular complexity index is 1850. The molecule has 3 aliphatic rings. The maximum absolute atomic E-state index is 13.4. The molecule has 2 amide bonds. The number of rotatable bonds is 10. The molecule has 0 unspecified atom stereocenters. The number of thioether (sulfide) groups is 1. The smallest absolute Gasteiger partial charge is 0.352 e. The second-order valence-corrected chi connectivity index (χ2v) is 13.9. The average molecular weight is 705 g/mol. The quantitative estimate of drug-likeness (QED) is 0.0744. The van der Waals surface area contributed by atoms with Crippen LogP contribution in [0.1, 0.15) is 31.5 Å². The standard InChI is InChI=1S/C28H30ClN9O7S2/c1-12(26(41)42)45-35-19(18-22(29)47-28(31)34-18)23(39)33-20-24(40)38-21(27(43)44)13(11-46-25(20)38)10-36-8-2-3-15-16(36)9-17(30)37(15)14-4-6-32-7-5-14/h2-3,8-9,12,14,20,25,30,32H,4-7,10-11H2,1H3,(H5,31,33,34,39,41,42,43,44)/p+1/t12-,20+,25+/m0/s1. The summed E-state index contributed by atoms with van der Waals surface area (Å²) in [6.45, 7) is 3.21. The van der Waals surface area contributed by atoms with Gasteiger partial charge in [0.05, 0.1) is 6.07 Å². The summed E-state index contributed by atoms with van der Waals surface area (Å²) >= 11 is 8.35. The topological polar surface area (TPSA) is 231 Å². The minimum Gasteiger partial charge on any atom is -0.478 e. The van der Waals surface area contributed by atoms with Gasteiger partial charge in [-0.3, -0.25) is 14.5 Å². The molecule has 3 aromatic heterocycles. The number of thiazole rings is 1. The largest absolute Gasteiger partial charge is 0.478 e. The van der Waals surface area contributed by atoms with E-state index in [1.165, 1.54) is 23.6 Å². The second-order valence-electron chi connectivity index (χ2n) is 11.1. The van der Waals surface area contributed by atoms with Gasteiger partial charge < -0.3 is 41.7 Å². The summed E-state index contributed by atoms with van der Waals surface area (Å²) in [5.74, 6) is -3.28. The minimum absolute atomic E-state index is 0.00214. The first-order valence-corrected chi connectivity index (χ1v) is 16.8. The molecule has 0 aliphatic carbocycles. The van der Waals surface area contributed by atoms with Crippen LogP contribution in [-0.2, 0) is 30.6 Å². The number of pyridine rings is 1. The lowest BCUT2D eigenvalue weighted by molar-refractivity contribution is -0.663. The third kappa shape index (κ3) is 6.08. The summed E-state index contributed by atoms with van der Waals surface area (Å²) in [7, 11) is 0. The van der Waals surface area contributed by atoms with Crippen molar-refractivity contribution in [3.63, 3.8) is 0 Å². The molecule has 0 spiro atoms. The van der Waals surface area contributed by atoms with E-state index in [4.69, 9.17) is 33.0 Å². The van der Waals surface area contributed by atoms with Gasteiger partial charge in [0.2, 0.25) is 11.6 Å². The number of carbonyl (C=O) groups excluding carboxylic acids is 2. The molecule has 0 saturated carbocycles. The Kier molecular flexibility index (Phi) is 9.01. The highest BCUT2D eigenvalue weighted by atomic mass is 35.5. The van der Waals surface area contributed by atoms with Crippen LogP contribution in [0.2, 0.25) is 4.34 Å². The third-order valence-electron chi connectivity index (χ3n) is 8.18. The lowest BCUT2D eigenvalue weighted by Crippen LogP contribution is -2.71. The summed E-state index contributed by atoms with van der Waals surface area (Å²) in [4.78, 5) is 60.7. The zero-order chi connectivity index (χ0) is 33.6. The first-order valence-electron chi connectivity index (χ1n) is 14.6. The molecule has 19 heteroatoms. The molecule has 3 atom stereocenters. The number of carboxylic acids is 2. The highest BCUT2D eigenvalue weighted by Crippen LogP contribution is 2.41. The maximum atomic E-state index is 13.4. The number of hydrogen-bond acceptors (Lipinski definition) is 12. The molecule has 16 nitrogen and oxygen atoms in total. The van der Waals surface area contributed by atoms with E-state index in [1.54, 1.807) is 0 Å². The monoisotopic (exact) mass is 704 g/mol. The molecule has 6 heterocycles. The van der Waals surface area contributed by atoms with E-state index < -0.39 is 47.0 Å². The fourth-order valence-corrected chi connectivity index (χ4v) is 8.19. The number of nitrogens with one attached hydrogen (secondary N) is 2. The summed E-state index contributed by atoms with van der Waals surface area (Å²) in [6.07, 6.45) is 2.32. The number of oxime groups is 1. The van der Waals surface area contributed by atoms with Crippen molar-refractivity contribution in [3.8, 4) is 0 Å². The van der Waals surface area contributed by atoms with Gasteiger partial charge in [-0.25, -0.2) is 14.6 Å². The van der Waals surface area contributed by atoms with Gasteiger partial charge in [0.25, 0.3) is 11.8 Å². The van der Waals surface area contributed by atoms with Crippen LogP contribution in [0.4, 0.5) is 10.9 Å². The Morgan fingerprint density at radius 3 is 2.70 bits per heavy atom. The Labute approximate surface area is 280 Å². The van der Waals surface area contributed by atoms with Gasteiger partial charge in [0.1, 0.15) is 38.5 Å². The van der Waals surface area contributed by atoms with Crippen molar-refractivity contribution in [2.75, 3.05) is 30.3 Å². The van der Waals surface area contributed by atoms with Gasteiger partial charge in [-0.2, -0.15) is 4.57 Å². The predicted octanol–water partition coefficient (Wildman–Crippen LogP) is 0.760. The molecule has 3 aliphatic heterocycles. The molecule has 0 aromatic carbocycles. The number of β-lactam (4-membered cyclic amide) rings is 1. The Morgan fingerprint density at radius 1 is 1.30 bits per heavy atom. The van der Waals surface area contributed by atoms with Gasteiger partial charge in [0.15, 0.2) is 23.6 Å². The molecule has 0 bridgehead atoms. The molecule has 8 N–H and O–H groups in total. The van der Waals surface area contributed by atoms with E-state index in [2.05, 4.69) is 25.3 Å². The van der Waals surface area contributed by atoms with E-state index >= 15 is 0 Å². The number of aromatic nitrogens is 3. The summed E-state index contributed by atoms with van der Waals surface area (Å²) in [6, 6.07) is 4.90. The van der Waals surface area contributed by atoms with Crippen LogP contribution in [0.15, 0.2) is 40.8 Å². The highest BCUT2D eigenvalue weighted by molar-refractivity contribution is 8.00. The zero-order valence-electron chi connectivity index (χ0n) is 24.9. The number of carboxylic acid groups (broad SMARTS) is 2. The van der Waals surface area contributed by atoms with Gasteiger partial charge in [0, 0.05) is 23.4 Å². The van der Waals surface area contributed by atoms with Crippen LogP contribution in [0.3, 0.4) is 0 Å². The number of carbonyl (C=O) groups is 4. The van der Waals surface area contributed by atoms with E-state index in [0.717, 1.165) is 48.3 Å². The number of hydrogen-bond donors (Lipinski definition) is 6. The molecule has 2 fully saturated rings. The van der Waals surface area contributed by atoms with Gasteiger partial charge >= 0.3 is 11.9 Å². The van der Waals surface area contributed by atoms with Crippen LogP contribution in [-0.4, -0.2) is 90.5 Å².